The molecule has 31 heavy (non-hydrogen) atoms. The Morgan fingerprint density at radius 2 is 1.84 bits per heavy atom. The number of hydrogen-bond donors (Lipinski definition) is 1. The number of nitrogens with one attached hydrogen (secondary N) is 1. The Morgan fingerprint density at radius 3 is 2.65 bits per heavy atom. The highest BCUT2D eigenvalue weighted by Gasteiger charge is 2.23. The molecule has 7 nitrogen and oxygen atoms in total. The van der Waals surface area contributed by atoms with E-state index >= 15 is 0 Å². The Kier molecular flexibility index (Phi) is 5.09. The monoisotopic (exact) mass is 431 g/mol. The fraction of sp³-hybridized carbons (Fsp3) is 0.217. The zero-order valence-corrected chi connectivity index (χ0v) is 17.9. The van der Waals surface area contributed by atoms with Crippen LogP contribution in [0.5, 0.6) is 0 Å². The van der Waals surface area contributed by atoms with Crippen molar-refractivity contribution in [1.29, 1.82) is 0 Å². The molecule has 0 spiro atoms. The molecular formula is C23H21N5O2S. The summed E-state index contributed by atoms with van der Waals surface area (Å²) in [5, 5.41) is 8.67. The molecule has 156 valence electrons. The van der Waals surface area contributed by atoms with Crippen molar-refractivity contribution in [2.45, 2.75) is 19.5 Å². The molecule has 5 rings (SSSR count). The first-order chi connectivity index (χ1) is 15.1. The Balaban J connectivity index is 1.36. The molecule has 0 fully saturated rings. The van der Waals surface area contributed by atoms with Gasteiger partial charge in [0, 0.05) is 43.4 Å². The van der Waals surface area contributed by atoms with Gasteiger partial charge in [0.15, 0.2) is 10.8 Å². The molecule has 0 saturated heterocycles. The number of nitrogens with zero attached hydrogens (tertiary/aromatic N) is 4. The van der Waals surface area contributed by atoms with Gasteiger partial charge in [-0.15, -0.1) is 11.3 Å². The summed E-state index contributed by atoms with van der Waals surface area (Å²) in [6.45, 7) is 2.65. The number of amides is 1. The summed E-state index contributed by atoms with van der Waals surface area (Å²) >= 11 is 1.50. The summed E-state index contributed by atoms with van der Waals surface area (Å²) < 4.78 is 1.20. The van der Waals surface area contributed by atoms with Gasteiger partial charge in [-0.1, -0.05) is 48.5 Å². The molecule has 0 unspecified atom stereocenters. The fourth-order valence-electron chi connectivity index (χ4n) is 3.90. The van der Waals surface area contributed by atoms with Gasteiger partial charge in [0.25, 0.3) is 11.5 Å². The minimum absolute atomic E-state index is 0.219. The molecule has 0 saturated carbocycles. The number of carbonyl (C=O) groups excluding carboxylic acids is 1. The molecule has 1 aliphatic heterocycles. The number of aryl methyl sites for hydroxylation is 1. The molecule has 0 bridgehead atoms. The summed E-state index contributed by atoms with van der Waals surface area (Å²) in [7, 11) is 1.55. The lowest BCUT2D eigenvalue weighted by Gasteiger charge is -2.25. The second kappa shape index (κ2) is 8.05. The van der Waals surface area contributed by atoms with Crippen LogP contribution >= 0.6 is 11.3 Å². The molecule has 0 aliphatic carbocycles. The van der Waals surface area contributed by atoms with Crippen molar-refractivity contribution in [1.82, 2.24) is 19.7 Å². The number of rotatable bonds is 4. The third-order valence-corrected chi connectivity index (χ3v) is 6.45. The number of carbonyl (C=O) groups is 1. The zero-order valence-electron chi connectivity index (χ0n) is 17.0. The number of fused-ring (bicyclic) bond motifs is 2. The molecule has 1 amide bonds. The van der Waals surface area contributed by atoms with E-state index in [1.807, 2.05) is 6.07 Å². The first-order valence-electron chi connectivity index (χ1n) is 10.1. The van der Waals surface area contributed by atoms with Crippen LogP contribution in [0.25, 0.3) is 10.8 Å². The van der Waals surface area contributed by atoms with Gasteiger partial charge in [-0.3, -0.25) is 19.8 Å². The lowest BCUT2D eigenvalue weighted by Crippen LogP contribution is -2.29. The van der Waals surface area contributed by atoms with Gasteiger partial charge in [0.1, 0.15) is 0 Å². The second-order valence-corrected chi connectivity index (χ2v) is 8.70. The Labute approximate surface area is 183 Å². The van der Waals surface area contributed by atoms with Crippen LogP contribution in [0.1, 0.15) is 26.6 Å². The van der Waals surface area contributed by atoms with E-state index in [1.165, 1.54) is 26.5 Å². The maximum absolute atomic E-state index is 13.0. The Morgan fingerprint density at radius 1 is 1.10 bits per heavy atom. The van der Waals surface area contributed by atoms with Gasteiger partial charge in [0.05, 0.1) is 11.1 Å². The summed E-state index contributed by atoms with van der Waals surface area (Å²) in [6.07, 6.45) is 0.857. The number of aromatic nitrogens is 3. The van der Waals surface area contributed by atoms with E-state index in [4.69, 9.17) is 0 Å². The first-order valence-corrected chi connectivity index (χ1v) is 10.9. The fourth-order valence-corrected chi connectivity index (χ4v) is 4.95. The normalized spacial score (nSPS) is 13.8. The third-order valence-electron chi connectivity index (χ3n) is 5.45. The van der Waals surface area contributed by atoms with E-state index in [0.29, 0.717) is 15.9 Å². The van der Waals surface area contributed by atoms with Crippen molar-refractivity contribution in [3.8, 4) is 0 Å². The van der Waals surface area contributed by atoms with Crippen LogP contribution in [0.2, 0.25) is 0 Å². The highest BCUT2D eigenvalue weighted by atomic mass is 32.1. The van der Waals surface area contributed by atoms with E-state index in [0.717, 1.165) is 31.7 Å². The maximum atomic E-state index is 13.0. The van der Waals surface area contributed by atoms with Crippen LogP contribution in [-0.2, 0) is 26.6 Å². The number of benzene rings is 2. The van der Waals surface area contributed by atoms with Gasteiger partial charge in [-0.05, 0) is 11.6 Å². The maximum Gasteiger partial charge on any atom is 0.278 e. The van der Waals surface area contributed by atoms with Crippen LogP contribution < -0.4 is 10.9 Å². The average Bonchev–Trinajstić information content (AvgIpc) is 3.18. The predicted molar refractivity (Wildman–Crippen MR) is 121 cm³/mol. The SMILES string of the molecule is Cn1nc(C(=O)Nc2nc3c(s2)CN(Cc2ccccc2)CC3)c2ccccc2c1=O. The largest absolute Gasteiger partial charge is 0.296 e. The molecular weight excluding hydrogens is 410 g/mol. The summed E-state index contributed by atoms with van der Waals surface area (Å²) in [5.41, 5.74) is 2.33. The van der Waals surface area contributed by atoms with Crippen LogP contribution in [0, 0.1) is 0 Å². The first kappa shape index (κ1) is 19.6. The molecule has 0 radical (unpaired) electrons. The number of thiazole rings is 1. The van der Waals surface area contributed by atoms with Crippen LogP contribution in [0.3, 0.4) is 0 Å². The highest BCUT2D eigenvalue weighted by Crippen LogP contribution is 2.29. The summed E-state index contributed by atoms with van der Waals surface area (Å²) in [5.74, 6) is -0.362. The van der Waals surface area contributed by atoms with Gasteiger partial charge < -0.3 is 0 Å². The lowest BCUT2D eigenvalue weighted by atomic mass is 10.1. The molecule has 2 aromatic carbocycles. The molecule has 4 aromatic rings. The van der Waals surface area contributed by atoms with Gasteiger partial charge in [-0.2, -0.15) is 5.10 Å². The zero-order chi connectivity index (χ0) is 21.4. The molecule has 3 heterocycles. The van der Waals surface area contributed by atoms with Crippen molar-refractivity contribution in [2.24, 2.45) is 7.05 Å². The predicted octanol–water partition coefficient (Wildman–Crippen LogP) is 3.20. The van der Waals surface area contributed by atoms with Crippen LogP contribution in [0.15, 0.2) is 59.4 Å². The van der Waals surface area contributed by atoms with E-state index in [9.17, 15) is 9.59 Å². The topological polar surface area (TPSA) is 80.1 Å². The summed E-state index contributed by atoms with van der Waals surface area (Å²) in [6, 6.07) is 17.4. The Bertz CT molecular complexity index is 1330. The molecule has 8 heteroatoms. The van der Waals surface area contributed by atoms with E-state index < -0.39 is 0 Å². The van der Waals surface area contributed by atoms with Crippen molar-refractivity contribution >= 4 is 33.1 Å². The van der Waals surface area contributed by atoms with Gasteiger partial charge >= 0.3 is 0 Å². The van der Waals surface area contributed by atoms with Crippen molar-refractivity contribution in [2.75, 3.05) is 11.9 Å². The number of anilines is 1. The third kappa shape index (κ3) is 3.87. The highest BCUT2D eigenvalue weighted by molar-refractivity contribution is 7.15. The molecule has 1 aliphatic rings. The van der Waals surface area contributed by atoms with Crippen molar-refractivity contribution in [3.63, 3.8) is 0 Å². The smallest absolute Gasteiger partial charge is 0.278 e. The van der Waals surface area contributed by atoms with Crippen LogP contribution in [0.4, 0.5) is 5.13 Å². The van der Waals surface area contributed by atoms with Crippen molar-refractivity contribution < 1.29 is 4.79 Å². The van der Waals surface area contributed by atoms with Crippen LogP contribution in [-0.4, -0.2) is 32.1 Å². The second-order valence-electron chi connectivity index (χ2n) is 7.61. The lowest BCUT2D eigenvalue weighted by molar-refractivity contribution is 0.102. The Hall–Kier alpha value is -3.36. The van der Waals surface area contributed by atoms with E-state index in [1.54, 1.807) is 31.3 Å². The molecule has 0 atom stereocenters. The molecule has 2 aromatic heterocycles. The minimum Gasteiger partial charge on any atom is -0.296 e. The quantitative estimate of drug-likeness (QED) is 0.537. The van der Waals surface area contributed by atoms with E-state index in [-0.39, 0.29) is 17.2 Å². The van der Waals surface area contributed by atoms with Gasteiger partial charge in [-0.25, -0.2) is 9.67 Å². The van der Waals surface area contributed by atoms with E-state index in [2.05, 4.69) is 44.6 Å². The van der Waals surface area contributed by atoms with Gasteiger partial charge in [0.2, 0.25) is 0 Å². The van der Waals surface area contributed by atoms with Crippen molar-refractivity contribution in [3.05, 3.63) is 86.8 Å². The standard InChI is InChI=1S/C23H21N5O2S/c1-27-22(30)17-10-6-5-9-16(17)20(26-27)21(29)25-23-24-18-11-12-28(14-19(18)31-23)13-15-7-3-2-4-8-15/h2-10H,11-14H2,1H3,(H,24,25,29). The average molecular weight is 432 g/mol. The molecule has 1 N–H and O–H groups in total. The number of hydrogen-bond acceptors (Lipinski definition) is 6. The summed E-state index contributed by atoms with van der Waals surface area (Å²) in [4.78, 5) is 33.5. The minimum atomic E-state index is -0.362.